The maximum Gasteiger partial charge on any atom is 0.265 e. The largest absolute Gasteiger partial charge is 0.339 e. The van der Waals surface area contributed by atoms with Gasteiger partial charge in [0.2, 0.25) is 11.7 Å². The van der Waals surface area contributed by atoms with Crippen molar-refractivity contribution in [2.45, 2.75) is 13.3 Å². The van der Waals surface area contributed by atoms with Crippen LogP contribution in [0.1, 0.15) is 26.7 Å². The van der Waals surface area contributed by atoms with Gasteiger partial charge in [-0.2, -0.15) is 4.98 Å². The Bertz CT molecular complexity index is 1070. The highest BCUT2D eigenvalue weighted by molar-refractivity contribution is 7.12. The third-order valence-corrected chi connectivity index (χ3v) is 5.00. The van der Waals surface area contributed by atoms with Crippen molar-refractivity contribution in [3.05, 3.63) is 82.1 Å². The minimum atomic E-state index is -0.123. The number of hydrogen-bond acceptors (Lipinski definition) is 6. The number of benzene rings is 1. The summed E-state index contributed by atoms with van der Waals surface area (Å²) in [5.74, 6) is 0.846. The average Bonchev–Trinajstić information content (AvgIpc) is 3.33. The number of hydrogen-bond donors (Lipinski definition) is 1. The third-order valence-electron chi connectivity index (χ3n) is 3.95. The molecule has 0 fully saturated rings. The first-order valence-corrected chi connectivity index (χ1v) is 9.24. The molecular weight excluding hydrogens is 360 g/mol. The molecule has 3 aromatic heterocycles. The Balaban J connectivity index is 1.53. The second-order valence-corrected chi connectivity index (χ2v) is 6.94. The van der Waals surface area contributed by atoms with E-state index in [1.54, 1.807) is 12.4 Å². The van der Waals surface area contributed by atoms with E-state index in [1.165, 1.54) is 11.3 Å². The number of aromatic nitrogens is 3. The Hall–Kier alpha value is -3.32. The van der Waals surface area contributed by atoms with Crippen molar-refractivity contribution >= 4 is 22.9 Å². The summed E-state index contributed by atoms with van der Waals surface area (Å²) in [6.07, 6.45) is 3.80. The first-order chi connectivity index (χ1) is 13.2. The molecule has 0 spiro atoms. The molecule has 0 radical (unpaired) electrons. The van der Waals surface area contributed by atoms with Gasteiger partial charge in [-0.15, -0.1) is 11.3 Å². The van der Waals surface area contributed by atoms with Crippen molar-refractivity contribution in [3.63, 3.8) is 0 Å². The van der Waals surface area contributed by atoms with Crippen LogP contribution in [0.4, 0.5) is 5.69 Å². The maximum absolute atomic E-state index is 12.5. The summed E-state index contributed by atoms with van der Waals surface area (Å²) < 4.78 is 5.37. The molecule has 0 bridgehead atoms. The van der Waals surface area contributed by atoms with Gasteiger partial charge in [-0.1, -0.05) is 23.4 Å². The summed E-state index contributed by atoms with van der Waals surface area (Å²) in [6.45, 7) is 1.97. The quantitative estimate of drug-likeness (QED) is 0.560. The first kappa shape index (κ1) is 17.1. The van der Waals surface area contributed by atoms with Crippen LogP contribution in [0.3, 0.4) is 0 Å². The normalized spacial score (nSPS) is 10.7. The van der Waals surface area contributed by atoms with E-state index in [0.29, 0.717) is 23.0 Å². The molecule has 0 saturated heterocycles. The van der Waals surface area contributed by atoms with Crippen LogP contribution in [0.15, 0.2) is 64.8 Å². The molecular formula is C20H16N4O2S. The Morgan fingerprint density at radius 2 is 2.11 bits per heavy atom. The third kappa shape index (κ3) is 3.93. The Kier molecular flexibility index (Phi) is 4.76. The molecule has 0 atom stereocenters. The molecule has 3 heterocycles. The van der Waals surface area contributed by atoms with Gasteiger partial charge in [0, 0.05) is 23.6 Å². The van der Waals surface area contributed by atoms with E-state index in [2.05, 4.69) is 20.4 Å². The summed E-state index contributed by atoms with van der Waals surface area (Å²) in [5, 5.41) is 8.94. The number of aryl methyl sites for hydroxylation is 1. The molecule has 7 heteroatoms. The number of anilines is 1. The standard InChI is InChI=1S/C20H16N4O2S/c1-13-9-17(27-12-13)20(25)22-16-7-3-2-5-14(16)10-18-23-19(24-26-18)15-6-4-8-21-11-15/h2-9,11-12H,10H2,1H3,(H,22,25). The summed E-state index contributed by atoms with van der Waals surface area (Å²) >= 11 is 1.43. The van der Waals surface area contributed by atoms with Gasteiger partial charge in [0.05, 0.1) is 11.3 Å². The van der Waals surface area contributed by atoms with Crippen LogP contribution >= 0.6 is 11.3 Å². The van der Waals surface area contributed by atoms with Crippen molar-refractivity contribution in [2.75, 3.05) is 5.32 Å². The summed E-state index contributed by atoms with van der Waals surface area (Å²) in [7, 11) is 0. The monoisotopic (exact) mass is 376 g/mol. The number of amides is 1. The van der Waals surface area contributed by atoms with E-state index in [-0.39, 0.29) is 5.91 Å². The van der Waals surface area contributed by atoms with Gasteiger partial charge in [-0.05, 0) is 47.7 Å². The molecule has 0 unspecified atom stereocenters. The lowest BCUT2D eigenvalue weighted by atomic mass is 10.1. The highest BCUT2D eigenvalue weighted by Crippen LogP contribution is 2.22. The molecule has 134 valence electrons. The van der Waals surface area contributed by atoms with Crippen molar-refractivity contribution < 1.29 is 9.32 Å². The molecule has 1 N–H and O–H groups in total. The zero-order valence-corrected chi connectivity index (χ0v) is 15.4. The van der Waals surface area contributed by atoms with Gasteiger partial charge < -0.3 is 9.84 Å². The first-order valence-electron chi connectivity index (χ1n) is 8.36. The number of carbonyl (C=O) groups is 1. The fourth-order valence-electron chi connectivity index (χ4n) is 2.63. The van der Waals surface area contributed by atoms with Crippen molar-refractivity contribution in [1.29, 1.82) is 0 Å². The van der Waals surface area contributed by atoms with Gasteiger partial charge in [0.25, 0.3) is 5.91 Å². The minimum Gasteiger partial charge on any atom is -0.339 e. The molecule has 6 nitrogen and oxygen atoms in total. The van der Waals surface area contributed by atoms with E-state index in [4.69, 9.17) is 4.52 Å². The summed E-state index contributed by atoms with van der Waals surface area (Å²) in [6, 6.07) is 13.2. The van der Waals surface area contributed by atoms with Gasteiger partial charge in [-0.3, -0.25) is 9.78 Å². The van der Waals surface area contributed by atoms with Gasteiger partial charge >= 0.3 is 0 Å². The van der Waals surface area contributed by atoms with E-state index in [1.807, 2.05) is 54.8 Å². The number of thiophene rings is 1. The van der Waals surface area contributed by atoms with Crippen LogP contribution in [0.2, 0.25) is 0 Å². The number of rotatable bonds is 5. The van der Waals surface area contributed by atoms with Crippen LogP contribution < -0.4 is 5.32 Å². The van der Waals surface area contributed by atoms with E-state index in [9.17, 15) is 4.79 Å². The molecule has 0 saturated carbocycles. The smallest absolute Gasteiger partial charge is 0.265 e. The molecule has 1 amide bonds. The minimum absolute atomic E-state index is 0.123. The van der Waals surface area contributed by atoms with Crippen molar-refractivity contribution in [1.82, 2.24) is 15.1 Å². The fraction of sp³-hybridized carbons (Fsp3) is 0.100. The van der Waals surface area contributed by atoms with E-state index < -0.39 is 0 Å². The summed E-state index contributed by atoms with van der Waals surface area (Å²) in [4.78, 5) is 21.6. The maximum atomic E-state index is 12.5. The highest BCUT2D eigenvalue weighted by atomic mass is 32.1. The lowest BCUT2D eigenvalue weighted by Gasteiger charge is -2.08. The molecule has 0 aliphatic rings. The SMILES string of the molecule is Cc1csc(C(=O)Nc2ccccc2Cc2nc(-c3cccnc3)no2)c1. The lowest BCUT2D eigenvalue weighted by molar-refractivity contribution is 0.103. The number of nitrogens with one attached hydrogen (secondary N) is 1. The second kappa shape index (κ2) is 7.51. The predicted molar refractivity (Wildman–Crippen MR) is 104 cm³/mol. The van der Waals surface area contributed by atoms with Crippen molar-refractivity contribution in [2.24, 2.45) is 0 Å². The lowest BCUT2D eigenvalue weighted by Crippen LogP contribution is -2.12. The van der Waals surface area contributed by atoms with Gasteiger partial charge in [0.15, 0.2) is 0 Å². The number of carbonyl (C=O) groups excluding carboxylic acids is 1. The van der Waals surface area contributed by atoms with Crippen molar-refractivity contribution in [3.8, 4) is 11.4 Å². The Labute approximate surface area is 159 Å². The molecule has 0 aliphatic carbocycles. The van der Waals surface area contributed by atoms with Gasteiger partial charge in [0.1, 0.15) is 0 Å². The van der Waals surface area contributed by atoms with E-state index in [0.717, 1.165) is 22.4 Å². The number of nitrogens with zero attached hydrogens (tertiary/aromatic N) is 3. The zero-order valence-electron chi connectivity index (χ0n) is 14.5. The van der Waals surface area contributed by atoms with Gasteiger partial charge in [-0.25, -0.2) is 0 Å². The zero-order chi connectivity index (χ0) is 18.6. The van der Waals surface area contributed by atoms with E-state index >= 15 is 0 Å². The molecule has 0 aliphatic heterocycles. The number of para-hydroxylation sites is 1. The fourth-order valence-corrected chi connectivity index (χ4v) is 3.43. The van der Waals surface area contributed by atoms with Crippen LogP contribution in [0, 0.1) is 6.92 Å². The number of pyridine rings is 1. The average molecular weight is 376 g/mol. The van der Waals surface area contributed by atoms with Crippen LogP contribution in [0.5, 0.6) is 0 Å². The molecule has 4 rings (SSSR count). The molecule has 4 aromatic rings. The second-order valence-electron chi connectivity index (χ2n) is 6.03. The Morgan fingerprint density at radius 1 is 1.22 bits per heavy atom. The molecule has 1 aromatic carbocycles. The van der Waals surface area contributed by atoms with Crippen LogP contribution in [-0.2, 0) is 6.42 Å². The topological polar surface area (TPSA) is 80.9 Å². The Morgan fingerprint density at radius 3 is 2.89 bits per heavy atom. The predicted octanol–water partition coefficient (Wildman–Crippen LogP) is 4.34. The molecule has 27 heavy (non-hydrogen) atoms. The van der Waals surface area contributed by atoms with Crippen LogP contribution in [0.25, 0.3) is 11.4 Å². The summed E-state index contributed by atoms with van der Waals surface area (Å²) in [5.41, 5.74) is 3.50. The van der Waals surface area contributed by atoms with Crippen LogP contribution in [-0.4, -0.2) is 21.0 Å². The highest BCUT2D eigenvalue weighted by Gasteiger charge is 2.14.